The van der Waals surface area contributed by atoms with Gasteiger partial charge in [-0.2, -0.15) is 0 Å². The second kappa shape index (κ2) is 6.49. The van der Waals surface area contributed by atoms with Crippen molar-refractivity contribution in [2.45, 2.75) is 66.5 Å². The van der Waals surface area contributed by atoms with Gasteiger partial charge in [0.25, 0.3) is 0 Å². The predicted octanol–water partition coefficient (Wildman–Crippen LogP) is 3.12. The van der Waals surface area contributed by atoms with E-state index in [1.165, 1.54) is 19.4 Å². The van der Waals surface area contributed by atoms with Crippen LogP contribution in [0, 0.1) is 5.41 Å². The number of hydrogen-bond donors (Lipinski definition) is 1. The number of nitrogens with two attached hydrogens (primary N) is 1. The molecule has 1 saturated heterocycles. The molecule has 2 heteroatoms. The Morgan fingerprint density at radius 1 is 1.20 bits per heavy atom. The summed E-state index contributed by atoms with van der Waals surface area (Å²) >= 11 is 0. The molecule has 0 amide bonds. The Hall–Kier alpha value is -0.0800. The maximum atomic E-state index is 6.06. The largest absolute Gasteiger partial charge is 0.326 e. The third-order valence-electron chi connectivity index (χ3n) is 3.36. The molecule has 2 nitrogen and oxygen atoms in total. The first kappa shape index (κ1) is 14.9. The van der Waals surface area contributed by atoms with E-state index >= 15 is 0 Å². The molecule has 1 unspecified atom stereocenters. The fraction of sp³-hybridized carbons (Fsp3) is 1.00. The predicted molar refractivity (Wildman–Crippen MR) is 71.2 cm³/mol. The van der Waals surface area contributed by atoms with Crippen LogP contribution in [0.1, 0.15) is 55.8 Å². The molecule has 2 aliphatic rings. The molecule has 2 fully saturated rings. The Bertz CT molecular complexity index is 167. The van der Waals surface area contributed by atoms with E-state index in [0.29, 0.717) is 17.5 Å². The van der Waals surface area contributed by atoms with Crippen LogP contribution in [0.4, 0.5) is 0 Å². The van der Waals surface area contributed by atoms with Crippen LogP contribution in [0.25, 0.3) is 0 Å². The number of rotatable bonds is 1. The van der Waals surface area contributed by atoms with E-state index in [4.69, 9.17) is 5.73 Å². The van der Waals surface area contributed by atoms with Crippen molar-refractivity contribution in [3.8, 4) is 0 Å². The quantitative estimate of drug-likeness (QED) is 0.730. The van der Waals surface area contributed by atoms with Crippen molar-refractivity contribution in [1.82, 2.24) is 4.90 Å². The van der Waals surface area contributed by atoms with E-state index < -0.39 is 0 Å². The zero-order valence-electron chi connectivity index (χ0n) is 11.5. The van der Waals surface area contributed by atoms with Gasteiger partial charge in [0.15, 0.2) is 0 Å². The highest BCUT2D eigenvalue weighted by Gasteiger charge is 2.53. The van der Waals surface area contributed by atoms with Gasteiger partial charge in [0.1, 0.15) is 0 Å². The van der Waals surface area contributed by atoms with Crippen LogP contribution >= 0.6 is 0 Å². The molecule has 1 saturated carbocycles. The summed E-state index contributed by atoms with van der Waals surface area (Å²) in [5.74, 6) is 0. The van der Waals surface area contributed by atoms with Crippen molar-refractivity contribution in [3.63, 3.8) is 0 Å². The number of hydrogen-bond acceptors (Lipinski definition) is 2. The van der Waals surface area contributed by atoms with E-state index in [9.17, 15) is 0 Å². The van der Waals surface area contributed by atoms with Gasteiger partial charge >= 0.3 is 0 Å². The molecule has 1 aliphatic carbocycles. The van der Waals surface area contributed by atoms with E-state index in [-0.39, 0.29) is 1.43 Å². The molecule has 0 radical (unpaired) electrons. The molecule has 2 rings (SSSR count). The minimum Gasteiger partial charge on any atom is -0.326 e. The van der Waals surface area contributed by atoms with Crippen LogP contribution < -0.4 is 5.73 Å². The highest BCUT2D eigenvalue weighted by atomic mass is 15.2. The molecular formula is C13H32N2. The molecule has 1 atom stereocenters. The van der Waals surface area contributed by atoms with Crippen LogP contribution in [0.2, 0.25) is 0 Å². The molecule has 2 N–H and O–H groups in total. The van der Waals surface area contributed by atoms with Crippen LogP contribution in [-0.2, 0) is 0 Å². The maximum Gasteiger partial charge on any atom is 0.0237 e. The van der Waals surface area contributed by atoms with Crippen LogP contribution in [-0.4, -0.2) is 30.1 Å². The van der Waals surface area contributed by atoms with Crippen molar-refractivity contribution in [2.24, 2.45) is 11.1 Å². The lowest BCUT2D eigenvalue weighted by Gasteiger charge is -2.19. The summed E-state index contributed by atoms with van der Waals surface area (Å²) in [4.78, 5) is 2.51. The summed E-state index contributed by atoms with van der Waals surface area (Å²) in [5.41, 5.74) is 6.62. The van der Waals surface area contributed by atoms with Crippen molar-refractivity contribution in [3.05, 3.63) is 0 Å². The second-order valence-electron chi connectivity index (χ2n) is 4.49. The molecule has 0 aromatic carbocycles. The summed E-state index contributed by atoms with van der Waals surface area (Å²) in [6.45, 7) is 14.9. The zero-order valence-corrected chi connectivity index (χ0v) is 11.5. The Kier molecular flexibility index (Phi) is 6.46. The van der Waals surface area contributed by atoms with Gasteiger partial charge in [-0.15, -0.1) is 0 Å². The first-order valence-corrected chi connectivity index (χ1v) is 6.64. The Balaban J connectivity index is 0. The topological polar surface area (TPSA) is 29.3 Å². The summed E-state index contributed by atoms with van der Waals surface area (Å²) in [6, 6.07) is 1.14. The highest BCUT2D eigenvalue weighted by Crippen LogP contribution is 2.52. The minimum absolute atomic E-state index is 0. The van der Waals surface area contributed by atoms with Crippen molar-refractivity contribution in [1.29, 1.82) is 0 Å². The van der Waals surface area contributed by atoms with Gasteiger partial charge in [-0.1, -0.05) is 27.7 Å². The first-order valence-electron chi connectivity index (χ1n) is 6.64. The van der Waals surface area contributed by atoms with Gasteiger partial charge < -0.3 is 5.73 Å². The molecular weight excluding hydrogens is 184 g/mol. The highest BCUT2D eigenvalue weighted by molar-refractivity contribution is 5.08. The van der Waals surface area contributed by atoms with Crippen molar-refractivity contribution < 1.29 is 1.43 Å². The average Bonchev–Trinajstić information content (AvgIpc) is 2.95. The van der Waals surface area contributed by atoms with Gasteiger partial charge in [-0.25, -0.2) is 0 Å². The van der Waals surface area contributed by atoms with Gasteiger partial charge in [0, 0.05) is 26.6 Å². The average molecular weight is 216 g/mol. The third kappa shape index (κ3) is 3.46. The van der Waals surface area contributed by atoms with E-state index in [1.54, 1.807) is 0 Å². The molecule has 1 aliphatic heterocycles. The fourth-order valence-electron chi connectivity index (χ4n) is 2.12. The fourth-order valence-corrected chi connectivity index (χ4v) is 2.12. The monoisotopic (exact) mass is 216 g/mol. The van der Waals surface area contributed by atoms with E-state index in [1.807, 2.05) is 27.7 Å². The maximum absolute atomic E-state index is 6.06. The Morgan fingerprint density at radius 2 is 1.67 bits per heavy atom. The lowest BCUT2D eigenvalue weighted by atomic mass is 10.0. The van der Waals surface area contributed by atoms with E-state index in [2.05, 4.69) is 18.7 Å². The Morgan fingerprint density at radius 3 is 1.87 bits per heavy atom. The molecule has 15 heavy (non-hydrogen) atoms. The summed E-state index contributed by atoms with van der Waals surface area (Å²) in [6.07, 6.45) is 2.74. The first-order chi connectivity index (χ1) is 7.14. The van der Waals surface area contributed by atoms with Crippen molar-refractivity contribution in [2.75, 3.05) is 13.1 Å². The zero-order chi connectivity index (χ0) is 12.1. The van der Waals surface area contributed by atoms with Gasteiger partial charge in [0.2, 0.25) is 0 Å². The smallest absolute Gasteiger partial charge is 0.0237 e. The summed E-state index contributed by atoms with van der Waals surface area (Å²) < 4.78 is 0. The van der Waals surface area contributed by atoms with Crippen LogP contribution in [0.5, 0.6) is 0 Å². The normalized spacial score (nSPS) is 26.8. The molecule has 1 heterocycles. The molecule has 0 aromatic rings. The SMILES string of the molecule is CC.CC.CC(C)N1CC(N)C2(CC2)C1.[HH]. The lowest BCUT2D eigenvalue weighted by Crippen LogP contribution is -2.32. The summed E-state index contributed by atoms with van der Waals surface area (Å²) in [5, 5.41) is 0. The Labute approximate surface area is 97.7 Å². The van der Waals surface area contributed by atoms with Crippen LogP contribution in [0.3, 0.4) is 0 Å². The van der Waals surface area contributed by atoms with Gasteiger partial charge in [0.05, 0.1) is 0 Å². The number of nitrogens with zero attached hydrogens (tertiary/aromatic N) is 1. The summed E-state index contributed by atoms with van der Waals surface area (Å²) in [7, 11) is 0. The molecule has 0 aromatic heterocycles. The minimum atomic E-state index is 0. The van der Waals surface area contributed by atoms with Crippen molar-refractivity contribution >= 4 is 0 Å². The van der Waals surface area contributed by atoms with Crippen LogP contribution in [0.15, 0.2) is 0 Å². The number of likely N-dealkylation sites (tertiary alicyclic amines) is 1. The second-order valence-corrected chi connectivity index (χ2v) is 4.49. The third-order valence-corrected chi connectivity index (χ3v) is 3.36. The molecule has 1 spiro atoms. The van der Waals surface area contributed by atoms with Gasteiger partial charge in [-0.05, 0) is 32.1 Å². The molecule has 0 bridgehead atoms. The molecule has 94 valence electrons. The lowest BCUT2D eigenvalue weighted by molar-refractivity contribution is 0.261. The van der Waals surface area contributed by atoms with Gasteiger partial charge in [-0.3, -0.25) is 4.90 Å². The standard InChI is InChI=1S/C9H18N2.2C2H6.H2/c1-7(2)11-5-8(10)9(6-11)3-4-9;2*1-2;/h7-8H,3-6,10H2,1-2H3;2*1-2H3;1H. The van der Waals surface area contributed by atoms with E-state index in [0.717, 1.165) is 6.54 Å².